The van der Waals surface area contributed by atoms with Gasteiger partial charge in [-0.15, -0.1) is 0 Å². The molecule has 1 amide bonds. The molecule has 30 heavy (non-hydrogen) atoms. The summed E-state index contributed by atoms with van der Waals surface area (Å²) in [5.74, 6) is -0.213. The quantitative estimate of drug-likeness (QED) is 0.663. The first-order chi connectivity index (χ1) is 14.1. The highest BCUT2D eigenvalue weighted by atomic mass is 35.5. The monoisotopic (exact) mass is 468 g/mol. The van der Waals surface area contributed by atoms with Gasteiger partial charge in [-0.2, -0.15) is 17.5 Å². The average molecular weight is 469 g/mol. The lowest BCUT2D eigenvalue weighted by molar-refractivity contribution is -0.140. The van der Waals surface area contributed by atoms with Crippen molar-refractivity contribution < 1.29 is 31.1 Å². The number of hydrogen-bond acceptors (Lipinski definition) is 4. The minimum absolute atomic E-state index is 0.0237. The largest absolute Gasteiger partial charge is 0.416 e. The number of halogens is 4. The average Bonchev–Trinajstić information content (AvgIpc) is 2.72. The van der Waals surface area contributed by atoms with Gasteiger partial charge in [0, 0.05) is 26.2 Å². The van der Waals surface area contributed by atoms with Gasteiger partial charge in [0.2, 0.25) is 15.9 Å². The smallest absolute Gasteiger partial charge is 0.368 e. The van der Waals surface area contributed by atoms with Gasteiger partial charge < -0.3 is 9.64 Å². The molecule has 3 rings (SSSR count). The number of carbonyl (C=O) groups excluding carboxylic acids is 1. The summed E-state index contributed by atoms with van der Waals surface area (Å²) in [5, 5.41) is -0.276. The van der Waals surface area contributed by atoms with Crippen LogP contribution >= 0.6 is 11.6 Å². The fourth-order valence-corrected chi connectivity index (χ4v) is 5.63. The second-order valence-corrected chi connectivity index (χ2v) is 9.81. The van der Waals surface area contributed by atoms with Crippen LogP contribution in [0.5, 0.6) is 0 Å². The number of benzene rings is 1. The SMILES string of the molecule is O=C(COC1CCCCC1)N1CCN(S(=O)(=O)c2cc(C(F)(F)F)ccc2Cl)CC1. The number of ether oxygens (including phenoxy) is 1. The number of hydrogen-bond donors (Lipinski definition) is 0. The maximum Gasteiger partial charge on any atom is 0.416 e. The first-order valence-corrected chi connectivity index (χ1v) is 11.7. The minimum atomic E-state index is -4.68. The molecule has 0 radical (unpaired) electrons. The van der Waals surface area contributed by atoms with Crippen molar-refractivity contribution in [2.24, 2.45) is 0 Å². The number of nitrogens with zero attached hydrogens (tertiary/aromatic N) is 2. The van der Waals surface area contributed by atoms with Gasteiger partial charge in [-0.25, -0.2) is 8.42 Å². The highest BCUT2D eigenvalue weighted by Crippen LogP contribution is 2.34. The third-order valence-corrected chi connectivity index (χ3v) is 7.84. The molecule has 1 saturated carbocycles. The molecule has 168 valence electrons. The number of amides is 1. The van der Waals surface area contributed by atoms with E-state index in [1.165, 1.54) is 11.3 Å². The van der Waals surface area contributed by atoms with E-state index in [2.05, 4.69) is 0 Å². The van der Waals surface area contributed by atoms with Crippen molar-refractivity contribution >= 4 is 27.5 Å². The first-order valence-electron chi connectivity index (χ1n) is 9.85. The summed E-state index contributed by atoms with van der Waals surface area (Å²) in [7, 11) is -4.22. The van der Waals surface area contributed by atoms with Gasteiger partial charge in [-0.05, 0) is 31.0 Å². The van der Waals surface area contributed by atoms with Crippen LogP contribution in [-0.4, -0.2) is 62.4 Å². The molecule has 6 nitrogen and oxygen atoms in total. The van der Waals surface area contributed by atoms with E-state index in [0.29, 0.717) is 6.07 Å². The normalized spacial score (nSPS) is 19.8. The lowest BCUT2D eigenvalue weighted by Gasteiger charge is -2.34. The van der Waals surface area contributed by atoms with E-state index in [0.717, 1.165) is 42.1 Å². The van der Waals surface area contributed by atoms with Gasteiger partial charge in [0.05, 0.1) is 16.7 Å². The van der Waals surface area contributed by atoms with E-state index in [1.54, 1.807) is 0 Å². The molecule has 0 spiro atoms. The Balaban J connectivity index is 1.60. The van der Waals surface area contributed by atoms with Crippen LogP contribution in [-0.2, 0) is 25.7 Å². The van der Waals surface area contributed by atoms with E-state index in [-0.39, 0.29) is 49.8 Å². The topological polar surface area (TPSA) is 66.9 Å². The highest BCUT2D eigenvalue weighted by molar-refractivity contribution is 7.89. The summed E-state index contributed by atoms with van der Waals surface area (Å²) >= 11 is 5.89. The fraction of sp³-hybridized carbons (Fsp3) is 0.632. The Kier molecular flexibility index (Phi) is 7.32. The first kappa shape index (κ1) is 23.3. The number of alkyl halides is 3. The van der Waals surface area contributed by atoms with Gasteiger partial charge in [0.25, 0.3) is 0 Å². The van der Waals surface area contributed by atoms with Crippen LogP contribution in [0, 0.1) is 0 Å². The van der Waals surface area contributed by atoms with Gasteiger partial charge in [0.1, 0.15) is 11.5 Å². The summed E-state index contributed by atoms with van der Waals surface area (Å²) in [6.07, 6.45) is 0.653. The Bertz CT molecular complexity index is 865. The molecule has 1 saturated heterocycles. The lowest BCUT2D eigenvalue weighted by Crippen LogP contribution is -2.51. The van der Waals surface area contributed by atoms with Gasteiger partial charge >= 0.3 is 6.18 Å². The summed E-state index contributed by atoms with van der Waals surface area (Å²) in [5.41, 5.74) is -1.08. The van der Waals surface area contributed by atoms with E-state index in [4.69, 9.17) is 16.3 Å². The van der Waals surface area contributed by atoms with Crippen LogP contribution in [0.4, 0.5) is 13.2 Å². The third kappa shape index (κ3) is 5.46. The molecule has 2 aliphatic rings. The molecule has 11 heteroatoms. The molecule has 1 aliphatic carbocycles. The van der Waals surface area contributed by atoms with Crippen molar-refractivity contribution in [2.75, 3.05) is 32.8 Å². The Hall–Kier alpha value is -1.36. The molecule has 1 aromatic rings. The van der Waals surface area contributed by atoms with Crippen LogP contribution in [0.1, 0.15) is 37.7 Å². The lowest BCUT2D eigenvalue weighted by atomic mass is 9.98. The Labute approximate surface area is 179 Å². The van der Waals surface area contributed by atoms with E-state index in [9.17, 15) is 26.4 Å². The standard InChI is InChI=1S/C19H24ClF3N2O4S/c20-16-7-6-14(19(21,22)23)12-17(16)30(27,28)25-10-8-24(9-11-25)18(26)13-29-15-4-2-1-3-5-15/h6-7,12,15H,1-5,8-11,13H2. The molecule has 1 aromatic carbocycles. The molecular weight excluding hydrogens is 445 g/mol. The molecule has 2 fully saturated rings. The predicted molar refractivity (Wildman–Crippen MR) is 105 cm³/mol. The van der Waals surface area contributed by atoms with Crippen molar-refractivity contribution in [1.82, 2.24) is 9.21 Å². The Morgan fingerprint density at radius 3 is 2.33 bits per heavy atom. The molecular formula is C19H24ClF3N2O4S. The molecule has 0 unspecified atom stereocenters. The van der Waals surface area contributed by atoms with Crippen LogP contribution in [0.3, 0.4) is 0 Å². The zero-order valence-electron chi connectivity index (χ0n) is 16.3. The van der Waals surface area contributed by atoms with Crippen molar-refractivity contribution in [2.45, 2.75) is 49.3 Å². The van der Waals surface area contributed by atoms with Gasteiger partial charge in [0.15, 0.2) is 0 Å². The molecule has 0 N–H and O–H groups in total. The molecule has 0 bridgehead atoms. The maximum absolute atomic E-state index is 13.0. The van der Waals surface area contributed by atoms with Crippen molar-refractivity contribution in [1.29, 1.82) is 0 Å². The maximum atomic E-state index is 13.0. The summed E-state index contributed by atoms with van der Waals surface area (Å²) in [6, 6.07) is 2.22. The minimum Gasteiger partial charge on any atom is -0.368 e. The zero-order valence-corrected chi connectivity index (χ0v) is 17.9. The van der Waals surface area contributed by atoms with Crippen molar-refractivity contribution in [3.63, 3.8) is 0 Å². The summed E-state index contributed by atoms with van der Waals surface area (Å²) < 4.78 is 71.3. The number of rotatable bonds is 5. The molecule has 1 aliphatic heterocycles. The molecule has 1 heterocycles. The van der Waals surface area contributed by atoms with Crippen LogP contribution in [0.15, 0.2) is 23.1 Å². The van der Waals surface area contributed by atoms with E-state index in [1.807, 2.05) is 0 Å². The van der Waals surface area contributed by atoms with Crippen molar-refractivity contribution in [3.05, 3.63) is 28.8 Å². The van der Waals surface area contributed by atoms with Crippen LogP contribution < -0.4 is 0 Å². The van der Waals surface area contributed by atoms with Crippen LogP contribution in [0.2, 0.25) is 5.02 Å². The Morgan fingerprint density at radius 2 is 1.73 bits per heavy atom. The van der Waals surface area contributed by atoms with Crippen LogP contribution in [0.25, 0.3) is 0 Å². The third-order valence-electron chi connectivity index (χ3n) is 5.46. The Morgan fingerprint density at radius 1 is 1.10 bits per heavy atom. The zero-order chi connectivity index (χ0) is 21.9. The second kappa shape index (κ2) is 9.42. The summed E-state index contributed by atoms with van der Waals surface area (Å²) in [4.78, 5) is 13.3. The van der Waals surface area contributed by atoms with E-state index >= 15 is 0 Å². The number of carbonyl (C=O) groups is 1. The predicted octanol–water partition coefficient (Wildman–Crippen LogP) is 3.54. The number of piperazine rings is 1. The van der Waals surface area contributed by atoms with E-state index < -0.39 is 26.7 Å². The van der Waals surface area contributed by atoms with Gasteiger partial charge in [-0.1, -0.05) is 30.9 Å². The molecule has 0 aromatic heterocycles. The fourth-order valence-electron chi connectivity index (χ4n) is 3.71. The molecule has 0 atom stereocenters. The van der Waals surface area contributed by atoms with Crippen molar-refractivity contribution in [3.8, 4) is 0 Å². The number of sulfonamides is 1. The van der Waals surface area contributed by atoms with Gasteiger partial charge in [-0.3, -0.25) is 4.79 Å². The second-order valence-electron chi connectivity index (χ2n) is 7.50. The summed E-state index contributed by atoms with van der Waals surface area (Å²) in [6.45, 7) is 0.191. The highest BCUT2D eigenvalue weighted by Gasteiger charge is 2.36.